The van der Waals surface area contributed by atoms with Gasteiger partial charge in [-0.15, -0.1) is 0 Å². The second kappa shape index (κ2) is 4.77. The van der Waals surface area contributed by atoms with Gasteiger partial charge in [0.25, 0.3) is 0 Å². The van der Waals surface area contributed by atoms with Crippen LogP contribution in [-0.4, -0.2) is 36.9 Å². The molecule has 2 rings (SSSR count). The molecule has 5 nitrogen and oxygen atoms in total. The third kappa shape index (κ3) is 2.43. The zero-order valence-corrected chi connectivity index (χ0v) is 9.42. The minimum Gasteiger partial charge on any atom is -0.493 e. The molecule has 1 aliphatic rings. The predicted molar refractivity (Wildman–Crippen MR) is 61.1 cm³/mol. The number of methoxy groups -OCH3 is 1. The molecule has 0 fully saturated rings. The normalized spacial score (nSPS) is 17.2. The number of carbonyl (C=O) groups excluding carboxylic acids is 1. The Labute approximate surface area is 99.1 Å². The largest absolute Gasteiger partial charge is 0.493 e. The minimum atomic E-state index is -1.51. The van der Waals surface area contributed by atoms with E-state index in [4.69, 9.17) is 14.8 Å². The molecule has 0 aliphatic carbocycles. The van der Waals surface area contributed by atoms with Crippen LogP contribution < -0.4 is 10.2 Å². The maximum Gasteiger partial charge on any atom is 0.488 e. The van der Waals surface area contributed by atoms with Crippen LogP contribution in [0.1, 0.15) is 17.9 Å². The van der Waals surface area contributed by atoms with Gasteiger partial charge < -0.3 is 19.5 Å². The summed E-state index contributed by atoms with van der Waals surface area (Å²) in [7, 11) is -0.159. The molecule has 1 aromatic rings. The summed E-state index contributed by atoms with van der Waals surface area (Å²) in [5.74, 6) is 0.296. The second-order valence-corrected chi connectivity index (χ2v) is 3.96. The van der Waals surface area contributed by atoms with E-state index in [1.54, 1.807) is 18.2 Å². The van der Waals surface area contributed by atoms with Crippen molar-refractivity contribution in [2.45, 2.75) is 12.3 Å². The van der Waals surface area contributed by atoms with E-state index in [1.807, 2.05) is 0 Å². The van der Waals surface area contributed by atoms with Gasteiger partial charge in [0, 0.05) is 11.5 Å². The van der Waals surface area contributed by atoms with E-state index in [1.165, 1.54) is 7.11 Å². The van der Waals surface area contributed by atoms with Gasteiger partial charge in [0.05, 0.1) is 20.1 Å². The van der Waals surface area contributed by atoms with E-state index in [0.717, 1.165) is 5.56 Å². The van der Waals surface area contributed by atoms with Crippen LogP contribution in [0.15, 0.2) is 18.2 Å². The molecule has 0 radical (unpaired) electrons. The average Bonchev–Trinajstić information content (AvgIpc) is 2.71. The Kier molecular flexibility index (Phi) is 3.35. The molecule has 2 N–H and O–H groups in total. The summed E-state index contributed by atoms with van der Waals surface area (Å²) in [6.07, 6.45) is 0.268. The Morgan fingerprint density at radius 1 is 1.59 bits per heavy atom. The van der Waals surface area contributed by atoms with Crippen LogP contribution >= 0.6 is 0 Å². The molecule has 90 valence electrons. The lowest BCUT2D eigenvalue weighted by molar-refractivity contribution is -0.141. The molecule has 1 heterocycles. The standard InChI is InChI=1S/C11H13BO5/c1-16-11(13)4-7-6-17-10-5-8(12(14)15)2-3-9(7)10/h2-3,5,7,14-15H,4,6H2,1H3/t7-/m0/s1. The van der Waals surface area contributed by atoms with Crippen molar-refractivity contribution >= 4 is 18.6 Å². The third-order valence-corrected chi connectivity index (χ3v) is 2.86. The van der Waals surface area contributed by atoms with Gasteiger partial charge in [-0.3, -0.25) is 4.79 Å². The van der Waals surface area contributed by atoms with Gasteiger partial charge in [0.15, 0.2) is 0 Å². The Hall–Kier alpha value is -1.53. The van der Waals surface area contributed by atoms with Crippen molar-refractivity contribution in [1.82, 2.24) is 0 Å². The molecule has 1 atom stereocenters. The van der Waals surface area contributed by atoms with Crippen LogP contribution in [-0.2, 0) is 9.53 Å². The Morgan fingerprint density at radius 3 is 3.00 bits per heavy atom. The first-order valence-electron chi connectivity index (χ1n) is 5.31. The second-order valence-electron chi connectivity index (χ2n) is 3.96. The van der Waals surface area contributed by atoms with Crippen LogP contribution in [0.2, 0.25) is 0 Å². The fourth-order valence-corrected chi connectivity index (χ4v) is 1.91. The highest BCUT2D eigenvalue weighted by Crippen LogP contribution is 2.35. The molecule has 6 heteroatoms. The summed E-state index contributed by atoms with van der Waals surface area (Å²) in [4.78, 5) is 11.2. The van der Waals surface area contributed by atoms with Crippen molar-refractivity contribution in [3.8, 4) is 5.75 Å². The van der Waals surface area contributed by atoms with Crippen molar-refractivity contribution in [2.24, 2.45) is 0 Å². The molecule has 0 bridgehead atoms. The van der Waals surface area contributed by atoms with E-state index in [-0.39, 0.29) is 18.3 Å². The lowest BCUT2D eigenvalue weighted by Gasteiger charge is -2.07. The Morgan fingerprint density at radius 2 is 2.35 bits per heavy atom. The van der Waals surface area contributed by atoms with Gasteiger partial charge in [0.1, 0.15) is 5.75 Å². The summed E-state index contributed by atoms with van der Waals surface area (Å²) < 4.78 is 10.0. The number of benzene rings is 1. The number of hydrogen-bond acceptors (Lipinski definition) is 5. The number of carbonyl (C=O) groups is 1. The van der Waals surface area contributed by atoms with Gasteiger partial charge in [-0.05, 0) is 11.5 Å². The van der Waals surface area contributed by atoms with Gasteiger partial charge in [-0.25, -0.2) is 0 Å². The molecule has 0 unspecified atom stereocenters. The Balaban J connectivity index is 2.19. The van der Waals surface area contributed by atoms with Gasteiger partial charge in [0.2, 0.25) is 0 Å². The van der Waals surface area contributed by atoms with Crippen LogP contribution in [0.3, 0.4) is 0 Å². The smallest absolute Gasteiger partial charge is 0.488 e. The third-order valence-electron chi connectivity index (χ3n) is 2.86. The first-order chi connectivity index (χ1) is 8.11. The number of fused-ring (bicyclic) bond motifs is 1. The molecule has 17 heavy (non-hydrogen) atoms. The number of esters is 1. The van der Waals surface area contributed by atoms with Crippen LogP contribution in [0.25, 0.3) is 0 Å². The van der Waals surface area contributed by atoms with Crippen molar-refractivity contribution in [1.29, 1.82) is 0 Å². The highest BCUT2D eigenvalue weighted by atomic mass is 16.5. The zero-order chi connectivity index (χ0) is 12.4. The summed E-state index contributed by atoms with van der Waals surface area (Å²) in [6.45, 7) is 0.412. The molecule has 0 spiro atoms. The molecule has 0 saturated carbocycles. The average molecular weight is 236 g/mol. The fourth-order valence-electron chi connectivity index (χ4n) is 1.91. The van der Waals surface area contributed by atoms with E-state index in [0.29, 0.717) is 17.8 Å². The summed E-state index contributed by atoms with van der Waals surface area (Å²) >= 11 is 0. The van der Waals surface area contributed by atoms with Crippen molar-refractivity contribution < 1.29 is 24.3 Å². The number of hydrogen-bond donors (Lipinski definition) is 2. The lowest BCUT2D eigenvalue weighted by atomic mass is 9.79. The summed E-state index contributed by atoms with van der Waals surface area (Å²) in [6, 6.07) is 4.95. The molecule has 0 amide bonds. The SMILES string of the molecule is COC(=O)C[C@H]1COc2cc(B(O)O)ccc21. The quantitative estimate of drug-likeness (QED) is 0.541. The maximum absolute atomic E-state index is 11.2. The van der Waals surface area contributed by atoms with Crippen molar-refractivity contribution in [2.75, 3.05) is 13.7 Å². The van der Waals surface area contributed by atoms with Crippen LogP contribution in [0, 0.1) is 0 Å². The highest BCUT2D eigenvalue weighted by molar-refractivity contribution is 6.58. The number of ether oxygens (including phenoxy) is 2. The van der Waals surface area contributed by atoms with Crippen LogP contribution in [0.4, 0.5) is 0 Å². The van der Waals surface area contributed by atoms with E-state index >= 15 is 0 Å². The molecular formula is C11H13BO5. The predicted octanol–water partition coefficient (Wildman–Crippen LogP) is -0.595. The highest BCUT2D eigenvalue weighted by Gasteiger charge is 2.28. The van der Waals surface area contributed by atoms with Gasteiger partial charge in [-0.2, -0.15) is 0 Å². The molecule has 1 aromatic carbocycles. The monoisotopic (exact) mass is 236 g/mol. The fraction of sp³-hybridized carbons (Fsp3) is 0.364. The van der Waals surface area contributed by atoms with Crippen molar-refractivity contribution in [3.63, 3.8) is 0 Å². The minimum absolute atomic E-state index is 0.0256. The summed E-state index contributed by atoms with van der Waals surface area (Å²) in [5, 5.41) is 18.1. The van der Waals surface area contributed by atoms with Crippen molar-refractivity contribution in [3.05, 3.63) is 23.8 Å². The number of rotatable bonds is 3. The van der Waals surface area contributed by atoms with E-state index in [2.05, 4.69) is 4.74 Å². The van der Waals surface area contributed by atoms with E-state index < -0.39 is 7.12 Å². The van der Waals surface area contributed by atoms with Gasteiger partial charge >= 0.3 is 13.1 Å². The molecular weight excluding hydrogens is 223 g/mol. The zero-order valence-electron chi connectivity index (χ0n) is 9.42. The summed E-state index contributed by atoms with van der Waals surface area (Å²) in [5.41, 5.74) is 1.28. The van der Waals surface area contributed by atoms with Crippen LogP contribution in [0.5, 0.6) is 5.75 Å². The molecule has 1 aliphatic heterocycles. The van der Waals surface area contributed by atoms with Gasteiger partial charge in [-0.1, -0.05) is 12.1 Å². The topological polar surface area (TPSA) is 76.0 Å². The molecule has 0 aromatic heterocycles. The first-order valence-corrected chi connectivity index (χ1v) is 5.31. The first kappa shape index (κ1) is 11.9. The maximum atomic E-state index is 11.2. The van der Waals surface area contributed by atoms with E-state index in [9.17, 15) is 4.79 Å². The Bertz CT molecular complexity index is 432. The lowest BCUT2D eigenvalue weighted by Crippen LogP contribution is -2.29. The molecule has 0 saturated heterocycles.